The molecule has 1 unspecified atom stereocenters. The van der Waals surface area contributed by atoms with Gasteiger partial charge in [0.05, 0.1) is 19.0 Å². The largest absolute Gasteiger partial charge is 0.497 e. The third-order valence-corrected chi connectivity index (χ3v) is 6.61. The molecular weight excluding hydrogens is 460 g/mol. The van der Waals surface area contributed by atoms with Crippen LogP contribution in [0.3, 0.4) is 0 Å². The van der Waals surface area contributed by atoms with Crippen molar-refractivity contribution in [2.75, 3.05) is 24.4 Å². The van der Waals surface area contributed by atoms with Gasteiger partial charge in [-0.3, -0.25) is 9.59 Å². The van der Waals surface area contributed by atoms with Gasteiger partial charge in [0, 0.05) is 21.8 Å². The topological polar surface area (TPSA) is 76.7 Å². The third kappa shape index (κ3) is 8.07. The van der Waals surface area contributed by atoms with Crippen molar-refractivity contribution in [3.8, 4) is 11.5 Å². The fraction of sp³-hybridized carbons (Fsp3) is 0.286. The van der Waals surface area contributed by atoms with Crippen LogP contribution < -0.4 is 20.1 Å². The van der Waals surface area contributed by atoms with Crippen LogP contribution in [-0.4, -0.2) is 30.8 Å². The van der Waals surface area contributed by atoms with Crippen molar-refractivity contribution in [1.29, 1.82) is 0 Å². The first-order valence-electron chi connectivity index (χ1n) is 11.8. The molecule has 0 heterocycles. The summed E-state index contributed by atoms with van der Waals surface area (Å²) in [5, 5.41) is 5.63. The van der Waals surface area contributed by atoms with Crippen molar-refractivity contribution in [2.45, 2.75) is 43.3 Å². The van der Waals surface area contributed by atoms with E-state index in [0.717, 1.165) is 29.2 Å². The molecule has 0 fully saturated rings. The zero-order valence-electron chi connectivity index (χ0n) is 20.4. The fourth-order valence-corrected chi connectivity index (χ4v) is 4.31. The van der Waals surface area contributed by atoms with Gasteiger partial charge in [-0.2, -0.15) is 0 Å². The maximum Gasteiger partial charge on any atom is 0.255 e. The molecule has 3 aromatic rings. The summed E-state index contributed by atoms with van der Waals surface area (Å²) in [7, 11) is 1.57. The molecule has 7 heteroatoms. The Hall–Kier alpha value is -3.45. The minimum absolute atomic E-state index is 0.0667. The van der Waals surface area contributed by atoms with E-state index in [4.69, 9.17) is 9.47 Å². The number of methoxy groups -OCH3 is 1. The molecule has 6 nitrogen and oxygen atoms in total. The van der Waals surface area contributed by atoms with Crippen LogP contribution in [0.5, 0.6) is 11.5 Å². The number of rotatable bonds is 12. The lowest BCUT2D eigenvalue weighted by atomic mass is 10.2. The second-order valence-electron chi connectivity index (χ2n) is 7.94. The van der Waals surface area contributed by atoms with Crippen LogP contribution in [0.1, 0.15) is 43.5 Å². The van der Waals surface area contributed by atoms with Gasteiger partial charge >= 0.3 is 0 Å². The second-order valence-corrected chi connectivity index (χ2v) is 9.22. The van der Waals surface area contributed by atoms with E-state index in [-0.39, 0.29) is 17.1 Å². The number of ether oxygens (including phenoxy) is 2. The zero-order chi connectivity index (χ0) is 25.0. The van der Waals surface area contributed by atoms with Gasteiger partial charge in [-0.1, -0.05) is 32.4 Å². The van der Waals surface area contributed by atoms with Gasteiger partial charge in [0.15, 0.2) is 0 Å². The average molecular weight is 493 g/mol. The smallest absolute Gasteiger partial charge is 0.255 e. The van der Waals surface area contributed by atoms with Crippen LogP contribution in [0.4, 0.5) is 11.4 Å². The number of hydrogen-bond acceptors (Lipinski definition) is 5. The predicted octanol–water partition coefficient (Wildman–Crippen LogP) is 6.64. The highest BCUT2D eigenvalue weighted by Crippen LogP contribution is 2.29. The summed E-state index contributed by atoms with van der Waals surface area (Å²) in [4.78, 5) is 26.4. The number of benzene rings is 3. The number of carbonyl (C=O) groups excluding carboxylic acids is 2. The van der Waals surface area contributed by atoms with Crippen molar-refractivity contribution < 1.29 is 19.1 Å². The van der Waals surface area contributed by atoms with Crippen LogP contribution in [0.15, 0.2) is 77.7 Å². The molecule has 0 aliphatic carbocycles. The van der Waals surface area contributed by atoms with E-state index in [1.165, 1.54) is 11.8 Å². The van der Waals surface area contributed by atoms with Gasteiger partial charge in [-0.05, 0) is 73.5 Å². The van der Waals surface area contributed by atoms with Gasteiger partial charge in [0.25, 0.3) is 5.91 Å². The maximum absolute atomic E-state index is 12.9. The lowest BCUT2D eigenvalue weighted by Crippen LogP contribution is -2.24. The van der Waals surface area contributed by atoms with Gasteiger partial charge in [0.2, 0.25) is 5.91 Å². The summed E-state index contributed by atoms with van der Waals surface area (Å²) >= 11 is 1.47. The molecule has 0 bridgehead atoms. The Morgan fingerprint density at radius 3 is 2.37 bits per heavy atom. The minimum atomic E-state index is -0.278. The van der Waals surface area contributed by atoms with Gasteiger partial charge in [0.1, 0.15) is 11.5 Å². The molecule has 2 N–H and O–H groups in total. The molecule has 0 spiro atoms. The molecule has 0 radical (unpaired) electrons. The molecule has 0 saturated heterocycles. The number of thioether (sulfide) groups is 1. The average Bonchev–Trinajstić information content (AvgIpc) is 2.88. The lowest BCUT2D eigenvalue weighted by Gasteiger charge is -2.16. The Labute approximate surface area is 211 Å². The molecule has 3 rings (SSSR count). The van der Waals surface area contributed by atoms with Crippen molar-refractivity contribution in [3.63, 3.8) is 0 Å². The zero-order valence-corrected chi connectivity index (χ0v) is 21.2. The van der Waals surface area contributed by atoms with Gasteiger partial charge in [-0.25, -0.2) is 0 Å². The minimum Gasteiger partial charge on any atom is -0.497 e. The first-order chi connectivity index (χ1) is 17.0. The summed E-state index contributed by atoms with van der Waals surface area (Å²) in [6, 6.07) is 21.9. The molecule has 3 aromatic carbocycles. The summed E-state index contributed by atoms with van der Waals surface area (Å²) in [5.41, 5.74) is 1.91. The molecule has 184 valence electrons. The molecule has 0 aliphatic rings. The van der Waals surface area contributed by atoms with E-state index in [1.807, 2.05) is 55.5 Å². The van der Waals surface area contributed by atoms with E-state index in [0.29, 0.717) is 30.0 Å². The highest BCUT2D eigenvalue weighted by Gasteiger charge is 2.18. The second kappa shape index (κ2) is 13.4. The monoisotopic (exact) mass is 492 g/mol. The van der Waals surface area contributed by atoms with E-state index in [9.17, 15) is 9.59 Å². The quantitative estimate of drug-likeness (QED) is 0.219. The molecule has 2 amide bonds. The SMILES string of the molecule is CCCCOc1ccc(NC(=O)C(CC)Sc2cccc(NC(=O)c3cccc(OC)c3)c2)cc1. The molecule has 35 heavy (non-hydrogen) atoms. The van der Waals surface area contributed by atoms with Crippen LogP contribution in [0.25, 0.3) is 0 Å². The Morgan fingerprint density at radius 1 is 0.886 bits per heavy atom. The van der Waals surface area contributed by atoms with E-state index in [1.54, 1.807) is 31.4 Å². The normalized spacial score (nSPS) is 11.4. The number of amides is 2. The van der Waals surface area contributed by atoms with Crippen molar-refractivity contribution >= 4 is 35.0 Å². The third-order valence-electron chi connectivity index (χ3n) is 5.25. The van der Waals surface area contributed by atoms with E-state index in [2.05, 4.69) is 17.6 Å². The molecular formula is C28H32N2O4S. The molecule has 0 aliphatic heterocycles. The number of nitrogens with one attached hydrogen (secondary N) is 2. The van der Waals surface area contributed by atoms with E-state index >= 15 is 0 Å². The van der Waals surface area contributed by atoms with Gasteiger partial charge in [-0.15, -0.1) is 11.8 Å². The standard InChI is InChI=1S/C28H32N2O4S/c1-4-6-17-34-23-15-13-21(14-16-23)29-28(32)26(5-2)35-25-12-8-10-22(19-25)30-27(31)20-9-7-11-24(18-20)33-3/h7-16,18-19,26H,4-6,17H2,1-3H3,(H,29,32)(H,30,31). The Kier molecular flexibility index (Phi) is 10.0. The first kappa shape index (κ1) is 26.2. The summed E-state index contributed by atoms with van der Waals surface area (Å²) in [5.74, 6) is 1.13. The van der Waals surface area contributed by atoms with Crippen LogP contribution in [-0.2, 0) is 4.79 Å². The maximum atomic E-state index is 12.9. The molecule has 0 aromatic heterocycles. The highest BCUT2D eigenvalue weighted by molar-refractivity contribution is 8.00. The van der Waals surface area contributed by atoms with Crippen molar-refractivity contribution in [1.82, 2.24) is 0 Å². The molecule has 0 saturated carbocycles. The predicted molar refractivity (Wildman–Crippen MR) is 143 cm³/mol. The van der Waals surface area contributed by atoms with Crippen LogP contribution in [0, 0.1) is 0 Å². The summed E-state index contributed by atoms with van der Waals surface area (Å²) < 4.78 is 10.9. The highest BCUT2D eigenvalue weighted by atomic mass is 32.2. The van der Waals surface area contributed by atoms with Crippen LogP contribution >= 0.6 is 11.8 Å². The Bertz CT molecular complexity index is 1120. The van der Waals surface area contributed by atoms with E-state index < -0.39 is 0 Å². The van der Waals surface area contributed by atoms with Gasteiger partial charge < -0.3 is 20.1 Å². The van der Waals surface area contributed by atoms with Crippen molar-refractivity contribution in [3.05, 3.63) is 78.4 Å². The van der Waals surface area contributed by atoms with Crippen molar-refractivity contribution in [2.24, 2.45) is 0 Å². The number of anilines is 2. The Balaban J connectivity index is 1.59. The number of hydrogen-bond donors (Lipinski definition) is 2. The summed E-state index contributed by atoms with van der Waals surface area (Å²) in [6.45, 7) is 4.80. The molecule has 1 atom stereocenters. The number of carbonyl (C=O) groups is 2. The summed E-state index contributed by atoms with van der Waals surface area (Å²) in [6.07, 6.45) is 2.76. The van der Waals surface area contributed by atoms with Crippen LogP contribution in [0.2, 0.25) is 0 Å². The number of unbranched alkanes of at least 4 members (excludes halogenated alkanes) is 1. The first-order valence-corrected chi connectivity index (χ1v) is 12.7. The Morgan fingerprint density at radius 2 is 1.66 bits per heavy atom. The lowest BCUT2D eigenvalue weighted by molar-refractivity contribution is -0.115. The fourth-order valence-electron chi connectivity index (χ4n) is 3.29.